The highest BCUT2D eigenvalue weighted by Crippen LogP contribution is 2.18. The summed E-state index contributed by atoms with van der Waals surface area (Å²) in [5, 5.41) is 3.67. The molecule has 1 N–H and O–H groups in total. The van der Waals surface area contributed by atoms with Gasteiger partial charge in [0.1, 0.15) is 0 Å². The predicted molar refractivity (Wildman–Crippen MR) is 94.6 cm³/mol. The van der Waals surface area contributed by atoms with Gasteiger partial charge in [0.05, 0.1) is 0 Å². The summed E-state index contributed by atoms with van der Waals surface area (Å²) in [5.74, 6) is 0.0916. The Hall–Kier alpha value is -1.93. The third kappa shape index (κ3) is 4.52. The SMILES string of the molecule is O=C(c1ccccc1)c1ccc(CNC2CCCCCC2)cc1. The van der Waals surface area contributed by atoms with Crippen molar-refractivity contribution in [3.8, 4) is 0 Å². The van der Waals surface area contributed by atoms with E-state index in [1.54, 1.807) is 0 Å². The lowest BCUT2D eigenvalue weighted by atomic mass is 10.0. The fourth-order valence-corrected chi connectivity index (χ4v) is 3.28. The molecular formula is C21H25NO. The first-order valence-corrected chi connectivity index (χ1v) is 8.75. The molecule has 23 heavy (non-hydrogen) atoms. The van der Waals surface area contributed by atoms with Crippen LogP contribution in [0.25, 0.3) is 0 Å². The van der Waals surface area contributed by atoms with Crippen LogP contribution in [0.4, 0.5) is 0 Å². The van der Waals surface area contributed by atoms with Gasteiger partial charge in [0, 0.05) is 23.7 Å². The molecule has 1 aliphatic carbocycles. The average molecular weight is 307 g/mol. The van der Waals surface area contributed by atoms with E-state index in [0.29, 0.717) is 6.04 Å². The number of carbonyl (C=O) groups is 1. The van der Waals surface area contributed by atoms with Crippen molar-refractivity contribution in [3.63, 3.8) is 0 Å². The second-order valence-corrected chi connectivity index (χ2v) is 6.46. The number of benzene rings is 2. The Morgan fingerprint density at radius 2 is 1.43 bits per heavy atom. The van der Waals surface area contributed by atoms with E-state index in [0.717, 1.165) is 17.7 Å². The van der Waals surface area contributed by atoms with Gasteiger partial charge >= 0.3 is 0 Å². The molecule has 0 spiro atoms. The van der Waals surface area contributed by atoms with Crippen LogP contribution in [0.3, 0.4) is 0 Å². The van der Waals surface area contributed by atoms with Gasteiger partial charge in [0.25, 0.3) is 0 Å². The van der Waals surface area contributed by atoms with Crippen molar-refractivity contribution in [2.75, 3.05) is 0 Å². The first-order valence-electron chi connectivity index (χ1n) is 8.75. The van der Waals surface area contributed by atoms with Gasteiger partial charge in [0.15, 0.2) is 5.78 Å². The van der Waals surface area contributed by atoms with Gasteiger partial charge in [-0.3, -0.25) is 4.79 Å². The number of nitrogens with one attached hydrogen (secondary N) is 1. The lowest BCUT2D eigenvalue weighted by Crippen LogP contribution is -2.27. The fourth-order valence-electron chi connectivity index (χ4n) is 3.28. The van der Waals surface area contributed by atoms with Crippen molar-refractivity contribution in [2.24, 2.45) is 0 Å². The minimum atomic E-state index is 0.0916. The number of carbonyl (C=O) groups excluding carboxylic acids is 1. The van der Waals surface area contributed by atoms with Crippen molar-refractivity contribution >= 4 is 5.78 Å². The molecule has 2 nitrogen and oxygen atoms in total. The number of hydrogen-bond donors (Lipinski definition) is 1. The third-order valence-corrected chi connectivity index (χ3v) is 4.70. The third-order valence-electron chi connectivity index (χ3n) is 4.70. The van der Waals surface area contributed by atoms with Gasteiger partial charge in [-0.05, 0) is 18.4 Å². The summed E-state index contributed by atoms with van der Waals surface area (Å²) in [4.78, 5) is 12.4. The van der Waals surface area contributed by atoms with Crippen molar-refractivity contribution < 1.29 is 4.79 Å². The molecule has 3 rings (SSSR count). The highest BCUT2D eigenvalue weighted by molar-refractivity contribution is 6.08. The van der Waals surface area contributed by atoms with Crippen LogP contribution >= 0.6 is 0 Å². The van der Waals surface area contributed by atoms with Crippen LogP contribution in [0.2, 0.25) is 0 Å². The molecule has 2 aromatic carbocycles. The van der Waals surface area contributed by atoms with E-state index in [4.69, 9.17) is 0 Å². The van der Waals surface area contributed by atoms with E-state index in [9.17, 15) is 4.79 Å². The molecule has 0 aromatic heterocycles. The molecule has 0 amide bonds. The summed E-state index contributed by atoms with van der Waals surface area (Å²) in [6.07, 6.45) is 8.06. The maximum absolute atomic E-state index is 12.4. The smallest absolute Gasteiger partial charge is 0.193 e. The molecule has 1 saturated carbocycles. The summed E-state index contributed by atoms with van der Waals surface area (Å²) >= 11 is 0. The van der Waals surface area contributed by atoms with Gasteiger partial charge in [-0.15, -0.1) is 0 Å². The van der Waals surface area contributed by atoms with E-state index < -0.39 is 0 Å². The molecule has 1 aliphatic rings. The van der Waals surface area contributed by atoms with Gasteiger partial charge in [-0.2, -0.15) is 0 Å². The molecule has 0 atom stereocenters. The quantitative estimate of drug-likeness (QED) is 0.639. The van der Waals surface area contributed by atoms with Crippen LogP contribution in [0.1, 0.15) is 60.0 Å². The summed E-state index contributed by atoms with van der Waals surface area (Å²) in [5.41, 5.74) is 2.75. The second-order valence-electron chi connectivity index (χ2n) is 6.46. The highest BCUT2D eigenvalue weighted by atomic mass is 16.1. The van der Waals surface area contributed by atoms with Gasteiger partial charge in [-0.25, -0.2) is 0 Å². The predicted octanol–water partition coefficient (Wildman–Crippen LogP) is 4.73. The van der Waals surface area contributed by atoms with E-state index >= 15 is 0 Å². The minimum Gasteiger partial charge on any atom is -0.310 e. The van der Waals surface area contributed by atoms with Crippen LogP contribution < -0.4 is 5.32 Å². The van der Waals surface area contributed by atoms with E-state index in [1.165, 1.54) is 44.1 Å². The standard InChI is InChI=1S/C21H25NO/c23-21(18-8-4-3-5-9-18)19-14-12-17(13-15-19)16-22-20-10-6-1-2-7-11-20/h3-5,8-9,12-15,20,22H,1-2,6-7,10-11,16H2. The molecular weight excluding hydrogens is 282 g/mol. The molecule has 0 saturated heterocycles. The molecule has 2 heteroatoms. The molecule has 0 heterocycles. The highest BCUT2D eigenvalue weighted by Gasteiger charge is 2.12. The number of ketones is 1. The molecule has 0 unspecified atom stereocenters. The minimum absolute atomic E-state index is 0.0916. The maximum Gasteiger partial charge on any atom is 0.193 e. The molecule has 2 aromatic rings. The number of hydrogen-bond acceptors (Lipinski definition) is 2. The summed E-state index contributed by atoms with van der Waals surface area (Å²) < 4.78 is 0. The molecule has 1 fully saturated rings. The lowest BCUT2D eigenvalue weighted by molar-refractivity contribution is 0.103. The monoisotopic (exact) mass is 307 g/mol. The van der Waals surface area contributed by atoms with Crippen molar-refractivity contribution in [1.29, 1.82) is 0 Å². The number of rotatable bonds is 5. The molecule has 120 valence electrons. The Morgan fingerprint density at radius 1 is 0.826 bits per heavy atom. The Kier molecular flexibility index (Phi) is 5.60. The lowest BCUT2D eigenvalue weighted by Gasteiger charge is -2.16. The average Bonchev–Trinajstić information content (AvgIpc) is 2.89. The van der Waals surface area contributed by atoms with Gasteiger partial charge < -0.3 is 5.32 Å². The molecule has 0 aliphatic heterocycles. The topological polar surface area (TPSA) is 29.1 Å². The van der Waals surface area contributed by atoms with Crippen molar-refractivity contribution in [1.82, 2.24) is 5.32 Å². The molecule has 0 bridgehead atoms. The first-order chi connectivity index (χ1) is 11.3. The summed E-state index contributed by atoms with van der Waals surface area (Å²) in [7, 11) is 0. The summed E-state index contributed by atoms with van der Waals surface area (Å²) in [6, 6.07) is 18.1. The Morgan fingerprint density at radius 3 is 2.09 bits per heavy atom. The van der Waals surface area contributed by atoms with Crippen LogP contribution in [0, 0.1) is 0 Å². The van der Waals surface area contributed by atoms with E-state index in [1.807, 2.05) is 42.5 Å². The summed E-state index contributed by atoms with van der Waals surface area (Å²) in [6.45, 7) is 0.893. The Bertz CT molecular complexity index is 610. The fraction of sp³-hybridized carbons (Fsp3) is 0.381. The maximum atomic E-state index is 12.4. The van der Waals surface area contributed by atoms with E-state index in [-0.39, 0.29) is 5.78 Å². The zero-order chi connectivity index (χ0) is 15.9. The first kappa shape index (κ1) is 15.9. The van der Waals surface area contributed by atoms with E-state index in [2.05, 4.69) is 17.4 Å². The van der Waals surface area contributed by atoms with Gasteiger partial charge in [0.2, 0.25) is 0 Å². The van der Waals surface area contributed by atoms with Crippen molar-refractivity contribution in [3.05, 3.63) is 71.3 Å². The Balaban J connectivity index is 1.57. The zero-order valence-corrected chi connectivity index (χ0v) is 13.6. The molecule has 0 radical (unpaired) electrons. The van der Waals surface area contributed by atoms with Crippen molar-refractivity contribution in [2.45, 2.75) is 51.1 Å². The largest absolute Gasteiger partial charge is 0.310 e. The van der Waals surface area contributed by atoms with Crippen LogP contribution in [-0.2, 0) is 6.54 Å². The second kappa shape index (κ2) is 8.07. The normalized spacial score (nSPS) is 16.0. The zero-order valence-electron chi connectivity index (χ0n) is 13.6. The van der Waals surface area contributed by atoms with Crippen LogP contribution in [0.15, 0.2) is 54.6 Å². The Labute approximate surface area is 138 Å². The van der Waals surface area contributed by atoms with Gasteiger partial charge in [-0.1, -0.05) is 80.3 Å². The van der Waals surface area contributed by atoms with Crippen LogP contribution in [0.5, 0.6) is 0 Å². The van der Waals surface area contributed by atoms with Crippen LogP contribution in [-0.4, -0.2) is 11.8 Å².